The summed E-state index contributed by atoms with van der Waals surface area (Å²) in [6.45, 7) is 2.75. The van der Waals surface area contributed by atoms with E-state index < -0.39 is 0 Å². The highest BCUT2D eigenvalue weighted by Gasteiger charge is 2.15. The second-order valence-corrected chi connectivity index (χ2v) is 4.34. The lowest BCUT2D eigenvalue weighted by atomic mass is 10.1. The second-order valence-electron chi connectivity index (χ2n) is 4.34. The summed E-state index contributed by atoms with van der Waals surface area (Å²) in [5.41, 5.74) is 1.76. The minimum Gasteiger partial charge on any atom is -0.355 e. The van der Waals surface area contributed by atoms with E-state index in [-0.39, 0.29) is 11.8 Å². The number of nitrogens with zero attached hydrogens (tertiary/aromatic N) is 1. The van der Waals surface area contributed by atoms with Crippen LogP contribution < -0.4 is 10.6 Å². The summed E-state index contributed by atoms with van der Waals surface area (Å²) in [6, 6.07) is 7.46. The summed E-state index contributed by atoms with van der Waals surface area (Å²) in [4.78, 5) is 24.7. The number of hydrogen-bond acceptors (Lipinski definition) is 3. The predicted octanol–water partition coefficient (Wildman–Crippen LogP) is -0.0220. The molecule has 0 saturated carbocycles. The largest absolute Gasteiger partial charge is 0.355 e. The summed E-state index contributed by atoms with van der Waals surface area (Å²) in [5, 5.41) is 5.38. The van der Waals surface area contributed by atoms with Crippen LogP contribution >= 0.6 is 0 Å². The summed E-state index contributed by atoms with van der Waals surface area (Å²) in [7, 11) is 1.61. The van der Waals surface area contributed by atoms with Crippen molar-refractivity contribution in [2.24, 2.45) is 0 Å². The lowest BCUT2D eigenvalue weighted by Crippen LogP contribution is -2.47. The molecule has 0 atom stereocenters. The van der Waals surface area contributed by atoms with Crippen molar-refractivity contribution < 1.29 is 9.59 Å². The summed E-state index contributed by atoms with van der Waals surface area (Å²) in [6.07, 6.45) is 0. The standard InChI is InChI=1S/C13H17N3O2/c1-14-13(18)11-4-2-10(3-5-11)8-16-7-6-15-12(17)9-16/h2-5H,6-9H2,1H3,(H,14,18)(H,15,17). The maximum Gasteiger partial charge on any atom is 0.251 e. The molecule has 5 nitrogen and oxygen atoms in total. The van der Waals surface area contributed by atoms with E-state index in [1.165, 1.54) is 0 Å². The molecule has 2 rings (SSSR count). The summed E-state index contributed by atoms with van der Waals surface area (Å²) >= 11 is 0. The molecule has 1 saturated heterocycles. The Morgan fingerprint density at radius 3 is 2.72 bits per heavy atom. The highest BCUT2D eigenvalue weighted by Crippen LogP contribution is 2.08. The minimum absolute atomic E-state index is 0.0724. The molecule has 0 radical (unpaired) electrons. The molecule has 0 aromatic heterocycles. The van der Waals surface area contributed by atoms with E-state index in [9.17, 15) is 9.59 Å². The van der Waals surface area contributed by atoms with Gasteiger partial charge in [-0.1, -0.05) is 12.1 Å². The van der Waals surface area contributed by atoms with Gasteiger partial charge in [-0.3, -0.25) is 14.5 Å². The van der Waals surface area contributed by atoms with E-state index in [4.69, 9.17) is 0 Å². The third kappa shape index (κ3) is 3.07. The van der Waals surface area contributed by atoms with Crippen molar-refractivity contribution in [3.8, 4) is 0 Å². The van der Waals surface area contributed by atoms with E-state index in [1.54, 1.807) is 19.2 Å². The van der Waals surface area contributed by atoms with Crippen LogP contribution in [-0.4, -0.2) is 43.4 Å². The summed E-state index contributed by atoms with van der Waals surface area (Å²) in [5.74, 6) is -0.0119. The molecule has 2 amide bonds. The molecular weight excluding hydrogens is 230 g/mol. The van der Waals surface area contributed by atoms with Gasteiger partial charge in [0.25, 0.3) is 5.91 Å². The van der Waals surface area contributed by atoms with Crippen LogP contribution in [0.1, 0.15) is 15.9 Å². The van der Waals surface area contributed by atoms with E-state index in [0.717, 1.165) is 18.7 Å². The van der Waals surface area contributed by atoms with Gasteiger partial charge in [0, 0.05) is 32.2 Å². The van der Waals surface area contributed by atoms with Gasteiger partial charge >= 0.3 is 0 Å². The van der Waals surface area contributed by atoms with Crippen molar-refractivity contribution in [2.75, 3.05) is 26.7 Å². The number of piperazine rings is 1. The zero-order valence-corrected chi connectivity index (χ0v) is 10.4. The highest BCUT2D eigenvalue weighted by molar-refractivity contribution is 5.93. The molecule has 1 aliphatic heterocycles. The zero-order chi connectivity index (χ0) is 13.0. The molecule has 1 fully saturated rings. The monoisotopic (exact) mass is 247 g/mol. The molecule has 0 unspecified atom stereocenters. The lowest BCUT2D eigenvalue weighted by molar-refractivity contribution is -0.124. The fourth-order valence-electron chi connectivity index (χ4n) is 1.99. The lowest BCUT2D eigenvalue weighted by Gasteiger charge is -2.26. The first kappa shape index (κ1) is 12.6. The third-order valence-electron chi connectivity index (χ3n) is 2.97. The normalized spacial score (nSPS) is 16.2. The number of amides is 2. The number of nitrogens with one attached hydrogen (secondary N) is 2. The minimum atomic E-state index is -0.0844. The highest BCUT2D eigenvalue weighted by atomic mass is 16.2. The number of hydrogen-bond donors (Lipinski definition) is 2. The molecule has 1 heterocycles. The first-order valence-electron chi connectivity index (χ1n) is 5.99. The van der Waals surface area contributed by atoms with Gasteiger partial charge in [0.05, 0.1) is 6.54 Å². The Morgan fingerprint density at radius 1 is 1.39 bits per heavy atom. The Morgan fingerprint density at radius 2 is 2.11 bits per heavy atom. The van der Waals surface area contributed by atoms with Gasteiger partial charge in [-0.2, -0.15) is 0 Å². The molecule has 0 aliphatic carbocycles. The molecule has 18 heavy (non-hydrogen) atoms. The first-order valence-corrected chi connectivity index (χ1v) is 5.99. The first-order chi connectivity index (χ1) is 8.69. The topological polar surface area (TPSA) is 61.4 Å². The molecule has 0 spiro atoms. The zero-order valence-electron chi connectivity index (χ0n) is 10.4. The van der Waals surface area contributed by atoms with Crippen LogP contribution in [-0.2, 0) is 11.3 Å². The fraction of sp³-hybridized carbons (Fsp3) is 0.385. The Balaban J connectivity index is 1.97. The molecule has 0 bridgehead atoms. The average molecular weight is 247 g/mol. The Bertz CT molecular complexity index is 442. The van der Waals surface area contributed by atoms with E-state index >= 15 is 0 Å². The maximum absolute atomic E-state index is 11.4. The van der Waals surface area contributed by atoms with Crippen LogP contribution in [0.4, 0.5) is 0 Å². The van der Waals surface area contributed by atoms with Crippen molar-refractivity contribution in [3.63, 3.8) is 0 Å². The van der Waals surface area contributed by atoms with Gasteiger partial charge in [-0.15, -0.1) is 0 Å². The van der Waals surface area contributed by atoms with Crippen molar-refractivity contribution in [3.05, 3.63) is 35.4 Å². The van der Waals surface area contributed by atoms with Crippen molar-refractivity contribution in [1.82, 2.24) is 15.5 Å². The van der Waals surface area contributed by atoms with Crippen molar-refractivity contribution in [1.29, 1.82) is 0 Å². The SMILES string of the molecule is CNC(=O)c1ccc(CN2CCNC(=O)C2)cc1. The number of benzene rings is 1. The predicted molar refractivity (Wildman–Crippen MR) is 68.1 cm³/mol. The van der Waals surface area contributed by atoms with E-state index in [1.807, 2.05) is 12.1 Å². The van der Waals surface area contributed by atoms with Crippen LogP contribution in [0.2, 0.25) is 0 Å². The van der Waals surface area contributed by atoms with Gasteiger partial charge in [0.2, 0.25) is 5.91 Å². The van der Waals surface area contributed by atoms with Crippen LogP contribution in [0.3, 0.4) is 0 Å². The van der Waals surface area contributed by atoms with Crippen LogP contribution in [0.25, 0.3) is 0 Å². The maximum atomic E-state index is 11.4. The second kappa shape index (κ2) is 5.64. The molecule has 96 valence electrons. The third-order valence-corrected chi connectivity index (χ3v) is 2.97. The van der Waals surface area contributed by atoms with Gasteiger partial charge < -0.3 is 10.6 Å². The van der Waals surface area contributed by atoms with Gasteiger partial charge in [0.15, 0.2) is 0 Å². The molecule has 1 aromatic carbocycles. The van der Waals surface area contributed by atoms with E-state index in [0.29, 0.717) is 18.7 Å². The van der Waals surface area contributed by atoms with Crippen LogP contribution in [0.5, 0.6) is 0 Å². The Hall–Kier alpha value is -1.88. The number of carbonyl (C=O) groups is 2. The van der Waals surface area contributed by atoms with Crippen LogP contribution in [0, 0.1) is 0 Å². The average Bonchev–Trinajstić information content (AvgIpc) is 2.39. The summed E-state index contributed by atoms with van der Waals surface area (Å²) < 4.78 is 0. The van der Waals surface area contributed by atoms with E-state index in [2.05, 4.69) is 15.5 Å². The van der Waals surface area contributed by atoms with Crippen molar-refractivity contribution >= 4 is 11.8 Å². The number of carbonyl (C=O) groups excluding carboxylic acids is 2. The Labute approximate surface area is 106 Å². The fourth-order valence-corrected chi connectivity index (χ4v) is 1.99. The quantitative estimate of drug-likeness (QED) is 0.789. The molecule has 5 heteroatoms. The smallest absolute Gasteiger partial charge is 0.251 e. The number of rotatable bonds is 3. The molecule has 2 N–H and O–H groups in total. The van der Waals surface area contributed by atoms with Crippen LogP contribution in [0.15, 0.2) is 24.3 Å². The van der Waals surface area contributed by atoms with Gasteiger partial charge in [-0.25, -0.2) is 0 Å². The van der Waals surface area contributed by atoms with Crippen molar-refractivity contribution in [2.45, 2.75) is 6.54 Å². The molecular formula is C13H17N3O2. The molecule has 1 aliphatic rings. The van der Waals surface area contributed by atoms with Gasteiger partial charge in [-0.05, 0) is 17.7 Å². The molecule has 1 aromatic rings. The Kier molecular flexibility index (Phi) is 3.94. The van der Waals surface area contributed by atoms with Gasteiger partial charge in [0.1, 0.15) is 0 Å².